The van der Waals surface area contributed by atoms with E-state index in [0.29, 0.717) is 0 Å². The van der Waals surface area contributed by atoms with E-state index in [1.165, 1.54) is 4.90 Å². The number of carboxylic acids is 1. The molecule has 0 aromatic carbocycles. The van der Waals surface area contributed by atoms with E-state index < -0.39 is 33.4 Å². The van der Waals surface area contributed by atoms with Gasteiger partial charge < -0.3 is 15.3 Å². The summed E-state index contributed by atoms with van der Waals surface area (Å²) in [6.45, 7) is 5.04. The number of carbonyl (C=O) groups is 2. The van der Waals surface area contributed by atoms with Crippen molar-refractivity contribution in [3.63, 3.8) is 0 Å². The zero-order chi connectivity index (χ0) is 14.8. The lowest BCUT2D eigenvalue weighted by atomic mass is 10.0. The van der Waals surface area contributed by atoms with Crippen LogP contribution < -0.4 is 5.32 Å². The maximum absolute atomic E-state index is 12.0. The zero-order valence-electron chi connectivity index (χ0n) is 11.3. The Morgan fingerprint density at radius 1 is 1.42 bits per heavy atom. The Labute approximate surface area is 112 Å². The van der Waals surface area contributed by atoms with Gasteiger partial charge in [0.15, 0.2) is 9.84 Å². The van der Waals surface area contributed by atoms with Gasteiger partial charge in [-0.3, -0.25) is 4.79 Å². The molecule has 0 radical (unpaired) electrons. The van der Waals surface area contributed by atoms with Gasteiger partial charge >= 0.3 is 12.0 Å². The molecule has 0 aromatic heterocycles. The Hall–Kier alpha value is -1.31. The van der Waals surface area contributed by atoms with Crippen LogP contribution in [0.5, 0.6) is 0 Å². The fourth-order valence-electron chi connectivity index (χ4n) is 2.08. The van der Waals surface area contributed by atoms with Crippen LogP contribution in [0, 0.1) is 0 Å². The van der Waals surface area contributed by atoms with Gasteiger partial charge in [-0.05, 0) is 20.8 Å². The molecular weight excluding hydrogens is 272 g/mol. The second-order valence-electron chi connectivity index (χ2n) is 5.54. The number of nitrogens with zero attached hydrogens (tertiary/aromatic N) is 1. The van der Waals surface area contributed by atoms with Crippen LogP contribution in [0.1, 0.15) is 27.2 Å². The van der Waals surface area contributed by atoms with Gasteiger partial charge in [-0.25, -0.2) is 13.2 Å². The minimum Gasteiger partial charge on any atom is -0.481 e. The largest absolute Gasteiger partial charge is 0.481 e. The molecule has 7 nitrogen and oxygen atoms in total. The lowest BCUT2D eigenvalue weighted by molar-refractivity contribution is -0.138. The first-order chi connectivity index (χ1) is 8.52. The molecule has 8 heteroatoms. The third-order valence-electron chi connectivity index (χ3n) is 2.97. The number of hydrogen-bond donors (Lipinski definition) is 2. The van der Waals surface area contributed by atoms with E-state index in [4.69, 9.17) is 5.11 Å². The van der Waals surface area contributed by atoms with E-state index in [-0.39, 0.29) is 24.5 Å². The highest BCUT2D eigenvalue weighted by atomic mass is 32.2. The number of hydrogen-bond acceptors (Lipinski definition) is 4. The number of aliphatic carboxylic acids is 1. The van der Waals surface area contributed by atoms with Crippen molar-refractivity contribution >= 4 is 21.8 Å². The molecule has 0 bridgehead atoms. The van der Waals surface area contributed by atoms with Gasteiger partial charge in [-0.2, -0.15) is 0 Å². The minimum atomic E-state index is -3.08. The second-order valence-corrected chi connectivity index (χ2v) is 7.77. The van der Waals surface area contributed by atoms with Gasteiger partial charge in [0.2, 0.25) is 0 Å². The molecule has 1 atom stereocenters. The molecule has 2 amide bonds. The van der Waals surface area contributed by atoms with Crippen LogP contribution in [0.4, 0.5) is 4.79 Å². The van der Waals surface area contributed by atoms with Crippen molar-refractivity contribution in [2.75, 3.05) is 18.1 Å². The van der Waals surface area contributed by atoms with Crippen LogP contribution >= 0.6 is 0 Å². The lowest BCUT2D eigenvalue weighted by Crippen LogP contribution is -2.57. The first kappa shape index (κ1) is 15.7. The summed E-state index contributed by atoms with van der Waals surface area (Å²) in [7, 11) is -3.08. The molecule has 0 saturated carbocycles. The summed E-state index contributed by atoms with van der Waals surface area (Å²) < 4.78 is 22.8. The molecule has 1 saturated heterocycles. The molecule has 1 unspecified atom stereocenters. The Bertz CT molecular complexity index is 471. The van der Waals surface area contributed by atoms with Gasteiger partial charge in [0, 0.05) is 18.1 Å². The van der Waals surface area contributed by atoms with Crippen molar-refractivity contribution in [2.24, 2.45) is 0 Å². The van der Waals surface area contributed by atoms with Gasteiger partial charge in [-0.1, -0.05) is 0 Å². The fraction of sp³-hybridized carbons (Fsp3) is 0.818. The summed E-state index contributed by atoms with van der Waals surface area (Å²) in [5.74, 6) is -1.11. The maximum atomic E-state index is 12.0. The molecule has 0 spiro atoms. The molecule has 1 rings (SSSR count). The molecule has 0 aliphatic carbocycles. The van der Waals surface area contributed by atoms with Crippen LogP contribution in [0.25, 0.3) is 0 Å². The van der Waals surface area contributed by atoms with Gasteiger partial charge in [0.05, 0.1) is 17.9 Å². The third-order valence-corrected chi connectivity index (χ3v) is 4.76. The molecule has 2 N–H and O–H groups in total. The summed E-state index contributed by atoms with van der Waals surface area (Å²) in [5, 5.41) is 11.4. The predicted molar refractivity (Wildman–Crippen MR) is 69.7 cm³/mol. The molecule has 1 aliphatic rings. The monoisotopic (exact) mass is 292 g/mol. The Balaban J connectivity index is 2.66. The molecule has 1 aliphatic heterocycles. The standard InChI is InChI=1S/C11H20N2O5S/c1-8-7-19(17,18)5-4-13(8)10(16)12-11(2,3)6-9(14)15/h8H,4-7H2,1-3H3,(H,12,16)(H,14,15). The lowest BCUT2D eigenvalue weighted by Gasteiger charge is -2.36. The number of rotatable bonds is 3. The SMILES string of the molecule is CC1CS(=O)(=O)CCN1C(=O)NC(C)(C)CC(=O)O. The van der Waals surface area contributed by atoms with Gasteiger partial charge in [0.25, 0.3) is 0 Å². The third kappa shape index (κ3) is 4.70. The molecule has 0 aromatic rings. The summed E-state index contributed by atoms with van der Waals surface area (Å²) in [6, 6.07) is -0.826. The van der Waals surface area contributed by atoms with E-state index in [1.54, 1.807) is 20.8 Å². The number of carboxylic acid groups (broad SMARTS) is 1. The second kappa shape index (κ2) is 5.36. The van der Waals surface area contributed by atoms with Gasteiger partial charge in [-0.15, -0.1) is 0 Å². The van der Waals surface area contributed by atoms with Crippen molar-refractivity contribution in [3.05, 3.63) is 0 Å². The van der Waals surface area contributed by atoms with Crippen LogP contribution in [-0.4, -0.2) is 60.1 Å². The van der Waals surface area contributed by atoms with E-state index >= 15 is 0 Å². The normalized spacial score (nSPS) is 22.9. The number of carbonyl (C=O) groups excluding carboxylic acids is 1. The highest BCUT2D eigenvalue weighted by Gasteiger charge is 2.33. The maximum Gasteiger partial charge on any atom is 0.318 e. The van der Waals surface area contributed by atoms with Crippen molar-refractivity contribution in [3.8, 4) is 0 Å². The van der Waals surface area contributed by atoms with E-state index in [9.17, 15) is 18.0 Å². The van der Waals surface area contributed by atoms with E-state index in [1.807, 2.05) is 0 Å². The quantitative estimate of drug-likeness (QED) is 0.766. The molecule has 1 heterocycles. The predicted octanol–water partition coefficient (Wildman–Crippen LogP) is 0.0682. The first-order valence-electron chi connectivity index (χ1n) is 6.03. The van der Waals surface area contributed by atoms with Crippen LogP contribution in [0.2, 0.25) is 0 Å². The average Bonchev–Trinajstić information content (AvgIpc) is 2.11. The van der Waals surface area contributed by atoms with Crippen LogP contribution in [0.15, 0.2) is 0 Å². The first-order valence-corrected chi connectivity index (χ1v) is 7.85. The topological polar surface area (TPSA) is 104 Å². The van der Waals surface area contributed by atoms with Crippen molar-refractivity contribution in [1.82, 2.24) is 10.2 Å². The Morgan fingerprint density at radius 3 is 2.47 bits per heavy atom. The van der Waals surface area contributed by atoms with Crippen molar-refractivity contribution < 1.29 is 23.1 Å². The minimum absolute atomic E-state index is 0.0515. The van der Waals surface area contributed by atoms with Crippen LogP contribution in [0.3, 0.4) is 0 Å². The zero-order valence-corrected chi connectivity index (χ0v) is 12.2. The molecule has 110 valence electrons. The number of urea groups is 1. The number of amides is 2. The summed E-state index contributed by atoms with van der Waals surface area (Å²) >= 11 is 0. The van der Waals surface area contributed by atoms with Crippen molar-refractivity contribution in [2.45, 2.75) is 38.8 Å². The average molecular weight is 292 g/mol. The number of sulfone groups is 1. The van der Waals surface area contributed by atoms with Crippen LogP contribution in [-0.2, 0) is 14.6 Å². The highest BCUT2D eigenvalue weighted by molar-refractivity contribution is 7.91. The summed E-state index contributed by atoms with van der Waals surface area (Å²) in [5.41, 5.74) is -0.876. The summed E-state index contributed by atoms with van der Waals surface area (Å²) in [6.07, 6.45) is -0.195. The Morgan fingerprint density at radius 2 is 2.00 bits per heavy atom. The molecule has 1 fully saturated rings. The Kier molecular flexibility index (Phi) is 4.44. The highest BCUT2D eigenvalue weighted by Crippen LogP contribution is 2.14. The summed E-state index contributed by atoms with van der Waals surface area (Å²) in [4.78, 5) is 24.2. The van der Waals surface area contributed by atoms with E-state index in [2.05, 4.69) is 5.32 Å². The number of nitrogens with one attached hydrogen (secondary N) is 1. The van der Waals surface area contributed by atoms with E-state index in [0.717, 1.165) is 0 Å². The molecular formula is C11H20N2O5S. The molecule has 19 heavy (non-hydrogen) atoms. The smallest absolute Gasteiger partial charge is 0.318 e. The van der Waals surface area contributed by atoms with Gasteiger partial charge in [0.1, 0.15) is 0 Å². The fourth-order valence-corrected chi connectivity index (χ4v) is 3.64. The van der Waals surface area contributed by atoms with Crippen molar-refractivity contribution in [1.29, 1.82) is 0 Å².